The van der Waals surface area contributed by atoms with Crippen LogP contribution in [-0.2, 0) is 4.79 Å². The number of nitrogens with one attached hydrogen (secondary N) is 2. The third kappa shape index (κ3) is 3.72. The fourth-order valence-corrected chi connectivity index (χ4v) is 2.56. The zero-order chi connectivity index (χ0) is 16.1. The number of hydrogen-bond acceptors (Lipinski definition) is 4. The molecular weight excluding hydrogens is 350 g/mol. The molecule has 1 aromatic rings. The number of fused-ring (bicyclic) bond motifs is 1. The Morgan fingerprint density at radius 2 is 1.86 bits per heavy atom. The predicted octanol–water partition coefficient (Wildman–Crippen LogP) is 1.16. The summed E-state index contributed by atoms with van der Waals surface area (Å²) in [5.41, 5.74) is 0.669. The van der Waals surface area contributed by atoms with Crippen LogP contribution in [0.15, 0.2) is 22.7 Å². The molecule has 0 fully saturated rings. The highest BCUT2D eigenvalue weighted by molar-refractivity contribution is 9.10. The maximum Gasteiger partial charge on any atom is 0.262 e. The summed E-state index contributed by atoms with van der Waals surface area (Å²) in [6.07, 6.45) is 1.03. The van der Waals surface area contributed by atoms with E-state index in [0.717, 1.165) is 22.3 Å². The standard InChI is InChI=1S/C15H18BrN3O3/c1-2-5-17-6-7-18-13(20)9-19-14(21)11-4-3-10(16)8-12(11)15(19)22/h3-4,8,17H,2,5-7,9H2,1H3,(H,18,20). The van der Waals surface area contributed by atoms with Crippen LogP contribution in [0.5, 0.6) is 0 Å². The molecule has 0 saturated heterocycles. The lowest BCUT2D eigenvalue weighted by atomic mass is 10.1. The van der Waals surface area contributed by atoms with Gasteiger partial charge in [0.1, 0.15) is 6.54 Å². The molecule has 0 radical (unpaired) electrons. The minimum Gasteiger partial charge on any atom is -0.353 e. The van der Waals surface area contributed by atoms with Crippen molar-refractivity contribution in [2.75, 3.05) is 26.2 Å². The lowest BCUT2D eigenvalue weighted by Gasteiger charge is -2.13. The van der Waals surface area contributed by atoms with Crippen LogP contribution in [0.4, 0.5) is 0 Å². The summed E-state index contributed by atoms with van der Waals surface area (Å²) in [6, 6.07) is 4.89. The zero-order valence-corrected chi connectivity index (χ0v) is 13.9. The molecule has 2 N–H and O–H groups in total. The van der Waals surface area contributed by atoms with Gasteiger partial charge >= 0.3 is 0 Å². The number of nitrogens with zero attached hydrogens (tertiary/aromatic N) is 1. The van der Waals surface area contributed by atoms with Gasteiger partial charge in [-0.15, -0.1) is 0 Å². The molecule has 0 aromatic heterocycles. The summed E-state index contributed by atoms with van der Waals surface area (Å²) >= 11 is 3.27. The quantitative estimate of drug-likeness (QED) is 0.559. The number of hydrogen-bond donors (Lipinski definition) is 2. The number of halogens is 1. The van der Waals surface area contributed by atoms with E-state index in [0.29, 0.717) is 24.2 Å². The average molecular weight is 368 g/mol. The highest BCUT2D eigenvalue weighted by Crippen LogP contribution is 2.25. The molecule has 1 aliphatic heterocycles. The van der Waals surface area contributed by atoms with Crippen LogP contribution in [0, 0.1) is 0 Å². The maximum absolute atomic E-state index is 12.2. The topological polar surface area (TPSA) is 78.5 Å². The minimum atomic E-state index is -0.430. The van der Waals surface area contributed by atoms with E-state index in [2.05, 4.69) is 33.5 Å². The Balaban J connectivity index is 1.90. The van der Waals surface area contributed by atoms with Gasteiger partial charge < -0.3 is 10.6 Å². The van der Waals surface area contributed by atoms with E-state index in [9.17, 15) is 14.4 Å². The predicted molar refractivity (Wildman–Crippen MR) is 85.7 cm³/mol. The van der Waals surface area contributed by atoms with Crippen molar-refractivity contribution in [3.63, 3.8) is 0 Å². The van der Waals surface area contributed by atoms with Crippen molar-refractivity contribution in [1.82, 2.24) is 15.5 Å². The van der Waals surface area contributed by atoms with E-state index in [-0.39, 0.29) is 12.5 Å². The van der Waals surface area contributed by atoms with Gasteiger partial charge in [-0.1, -0.05) is 22.9 Å². The first-order valence-corrected chi connectivity index (χ1v) is 7.97. The van der Waals surface area contributed by atoms with Gasteiger partial charge in [-0.05, 0) is 31.2 Å². The molecule has 1 heterocycles. The molecule has 1 aliphatic rings. The van der Waals surface area contributed by atoms with Crippen molar-refractivity contribution >= 4 is 33.7 Å². The van der Waals surface area contributed by atoms with Gasteiger partial charge in [-0.25, -0.2) is 0 Å². The number of benzene rings is 1. The van der Waals surface area contributed by atoms with E-state index in [1.165, 1.54) is 0 Å². The molecule has 7 heteroatoms. The lowest BCUT2D eigenvalue weighted by Crippen LogP contribution is -2.42. The van der Waals surface area contributed by atoms with E-state index in [1.807, 2.05) is 0 Å². The molecule has 0 spiro atoms. The normalized spacial score (nSPS) is 13.5. The van der Waals surface area contributed by atoms with Gasteiger partial charge in [0.25, 0.3) is 11.8 Å². The molecule has 2 rings (SSSR count). The fourth-order valence-electron chi connectivity index (χ4n) is 2.20. The van der Waals surface area contributed by atoms with Crippen molar-refractivity contribution in [3.05, 3.63) is 33.8 Å². The first-order valence-electron chi connectivity index (χ1n) is 7.17. The third-order valence-electron chi connectivity index (χ3n) is 3.29. The van der Waals surface area contributed by atoms with E-state index < -0.39 is 11.8 Å². The molecule has 6 nitrogen and oxygen atoms in total. The van der Waals surface area contributed by atoms with Crippen LogP contribution in [-0.4, -0.2) is 48.8 Å². The first-order chi connectivity index (χ1) is 10.5. The van der Waals surface area contributed by atoms with Gasteiger partial charge in [0.05, 0.1) is 11.1 Å². The largest absolute Gasteiger partial charge is 0.353 e. The van der Waals surface area contributed by atoms with Crippen LogP contribution >= 0.6 is 15.9 Å². The third-order valence-corrected chi connectivity index (χ3v) is 3.78. The molecule has 118 valence electrons. The maximum atomic E-state index is 12.2. The number of rotatable bonds is 7. The van der Waals surface area contributed by atoms with Gasteiger partial charge in [-0.3, -0.25) is 19.3 Å². The fraction of sp³-hybridized carbons (Fsp3) is 0.400. The van der Waals surface area contributed by atoms with E-state index >= 15 is 0 Å². The summed E-state index contributed by atoms with van der Waals surface area (Å²) in [6.45, 7) is 3.83. The second-order valence-electron chi connectivity index (χ2n) is 4.99. The highest BCUT2D eigenvalue weighted by Gasteiger charge is 2.36. The van der Waals surface area contributed by atoms with Gasteiger partial charge in [0.15, 0.2) is 0 Å². The second kappa shape index (κ2) is 7.51. The van der Waals surface area contributed by atoms with Crippen molar-refractivity contribution in [1.29, 1.82) is 0 Å². The van der Waals surface area contributed by atoms with E-state index in [1.54, 1.807) is 18.2 Å². The smallest absolute Gasteiger partial charge is 0.262 e. The highest BCUT2D eigenvalue weighted by atomic mass is 79.9. The Hall–Kier alpha value is -1.73. The van der Waals surface area contributed by atoms with Crippen molar-refractivity contribution in [3.8, 4) is 0 Å². The molecule has 0 bridgehead atoms. The summed E-state index contributed by atoms with van der Waals surface area (Å²) in [4.78, 5) is 37.2. The van der Waals surface area contributed by atoms with Crippen LogP contribution < -0.4 is 10.6 Å². The van der Waals surface area contributed by atoms with Gasteiger partial charge in [0.2, 0.25) is 5.91 Å². The molecule has 1 aromatic carbocycles. The summed E-state index contributed by atoms with van der Waals surface area (Å²) in [7, 11) is 0. The zero-order valence-electron chi connectivity index (χ0n) is 12.3. The summed E-state index contributed by atoms with van der Waals surface area (Å²) in [5, 5.41) is 5.85. The molecule has 0 saturated carbocycles. The molecule has 3 amide bonds. The van der Waals surface area contributed by atoms with Crippen molar-refractivity contribution in [2.45, 2.75) is 13.3 Å². The molecule has 0 unspecified atom stereocenters. The number of carbonyl (C=O) groups is 3. The summed E-state index contributed by atoms with van der Waals surface area (Å²) < 4.78 is 0.723. The summed E-state index contributed by atoms with van der Waals surface area (Å²) in [5.74, 6) is -1.20. The monoisotopic (exact) mass is 367 g/mol. The molecule has 0 atom stereocenters. The lowest BCUT2D eigenvalue weighted by molar-refractivity contribution is -0.121. The van der Waals surface area contributed by atoms with Crippen LogP contribution in [0.2, 0.25) is 0 Å². The number of carbonyl (C=O) groups excluding carboxylic acids is 3. The molecule has 22 heavy (non-hydrogen) atoms. The second-order valence-corrected chi connectivity index (χ2v) is 5.90. The van der Waals surface area contributed by atoms with Crippen LogP contribution in [0.1, 0.15) is 34.1 Å². The van der Waals surface area contributed by atoms with Crippen LogP contribution in [0.25, 0.3) is 0 Å². The molecular formula is C15H18BrN3O3. The van der Waals surface area contributed by atoms with Crippen molar-refractivity contribution < 1.29 is 14.4 Å². The minimum absolute atomic E-state index is 0.252. The number of amides is 3. The first kappa shape index (κ1) is 16.6. The Labute approximate surface area is 137 Å². The average Bonchev–Trinajstić information content (AvgIpc) is 2.72. The van der Waals surface area contributed by atoms with Gasteiger partial charge in [0, 0.05) is 17.6 Å². The van der Waals surface area contributed by atoms with Crippen molar-refractivity contribution in [2.24, 2.45) is 0 Å². The Bertz CT molecular complexity index is 604. The SMILES string of the molecule is CCCNCCNC(=O)CN1C(=O)c2ccc(Br)cc2C1=O. The van der Waals surface area contributed by atoms with Gasteiger partial charge in [-0.2, -0.15) is 0 Å². The Morgan fingerprint density at radius 1 is 1.14 bits per heavy atom. The molecule has 0 aliphatic carbocycles. The Kier molecular flexibility index (Phi) is 5.68. The number of imide groups is 1. The Morgan fingerprint density at radius 3 is 2.59 bits per heavy atom. The van der Waals surface area contributed by atoms with E-state index in [4.69, 9.17) is 0 Å². The van der Waals surface area contributed by atoms with Crippen LogP contribution in [0.3, 0.4) is 0 Å².